The molecule has 3 aliphatic heterocycles. The number of nitrogens with two attached hydrogens (primary N) is 1. The molecule has 3 aliphatic rings. The summed E-state index contributed by atoms with van der Waals surface area (Å²) in [4.78, 5) is 23.2. The molecule has 8 nitrogen and oxygen atoms in total. The Morgan fingerprint density at radius 2 is 2.11 bits per heavy atom. The molecule has 36 heavy (non-hydrogen) atoms. The Morgan fingerprint density at radius 3 is 2.86 bits per heavy atom. The van der Waals surface area contributed by atoms with E-state index in [1.807, 2.05) is 4.52 Å². The molecule has 5 unspecified atom stereocenters. The highest BCUT2D eigenvalue weighted by atomic mass is 35.5. The van der Waals surface area contributed by atoms with Crippen molar-refractivity contribution < 1.29 is 9.37 Å². The van der Waals surface area contributed by atoms with Gasteiger partial charge in [-0.25, -0.2) is 14.1 Å². The molecule has 0 spiro atoms. The molecular weight excluding hydrogens is 474 g/mol. The highest BCUT2D eigenvalue weighted by Gasteiger charge is 2.42. The number of amides is 1. The SMILES string of the molecule is CCCC[N+]1=CC(Cl)C(C(=O)N2CCCCC2c2cc3nc(N4CCC(N)C4)c(C)cn3n2)CC1C. The number of carbonyl (C=O) groups is 1. The standard InChI is InChI=1S/C27H41ClN7O/c1-4-5-10-32-17-22(28)21(13-19(32)3)27(36)34-11-7-6-8-24(34)23-14-25-30-26(18(2)15-35(25)31-23)33-12-9-20(29)16-33/h14-15,17,19-22,24H,4-13,16,29H2,1-3H3/q+1. The smallest absolute Gasteiger partial charge is 0.228 e. The topological polar surface area (TPSA) is 82.8 Å². The Labute approximate surface area is 219 Å². The summed E-state index contributed by atoms with van der Waals surface area (Å²) in [5.41, 5.74) is 8.98. The monoisotopic (exact) mass is 514 g/mol. The highest BCUT2D eigenvalue weighted by Crippen LogP contribution is 2.35. The summed E-state index contributed by atoms with van der Waals surface area (Å²) in [6, 6.07) is 2.56. The summed E-state index contributed by atoms with van der Waals surface area (Å²) in [6.07, 6.45) is 11.3. The van der Waals surface area contributed by atoms with Crippen molar-refractivity contribution in [2.24, 2.45) is 11.7 Å². The van der Waals surface area contributed by atoms with Gasteiger partial charge in [-0.15, -0.1) is 11.6 Å². The van der Waals surface area contributed by atoms with Crippen molar-refractivity contribution >= 4 is 35.2 Å². The van der Waals surface area contributed by atoms with Crippen molar-refractivity contribution in [1.29, 1.82) is 0 Å². The fourth-order valence-electron chi connectivity index (χ4n) is 6.14. The quantitative estimate of drug-likeness (QED) is 0.471. The molecular formula is C27H41ClN7O+. The predicted octanol–water partition coefficient (Wildman–Crippen LogP) is 3.53. The minimum absolute atomic E-state index is 0.0331. The average Bonchev–Trinajstić information content (AvgIpc) is 3.49. The van der Waals surface area contributed by atoms with Crippen molar-refractivity contribution in [3.8, 4) is 0 Å². The van der Waals surface area contributed by atoms with E-state index in [1.165, 1.54) is 0 Å². The minimum atomic E-state index is -0.270. The second-order valence-corrected chi connectivity index (χ2v) is 11.5. The first-order valence-corrected chi connectivity index (χ1v) is 14.2. The molecule has 9 heteroatoms. The van der Waals surface area contributed by atoms with Gasteiger partial charge in [-0.1, -0.05) is 13.3 Å². The maximum Gasteiger partial charge on any atom is 0.228 e. The normalized spacial score (nSPS) is 29.1. The minimum Gasteiger partial charge on any atom is -0.355 e. The van der Waals surface area contributed by atoms with Gasteiger partial charge in [0.2, 0.25) is 5.91 Å². The van der Waals surface area contributed by atoms with Crippen LogP contribution in [-0.4, -0.2) is 79.8 Å². The van der Waals surface area contributed by atoms with Crippen LogP contribution in [0.1, 0.15) is 76.1 Å². The molecule has 1 amide bonds. The van der Waals surface area contributed by atoms with Crippen molar-refractivity contribution in [1.82, 2.24) is 19.5 Å². The zero-order valence-electron chi connectivity index (χ0n) is 21.9. The molecule has 5 rings (SSSR count). The van der Waals surface area contributed by atoms with Crippen LogP contribution < -0.4 is 10.6 Å². The van der Waals surface area contributed by atoms with Crippen molar-refractivity contribution in [2.75, 3.05) is 31.1 Å². The van der Waals surface area contributed by atoms with Crippen molar-refractivity contribution in [2.45, 2.75) is 89.2 Å². The Hall–Kier alpha value is -2.19. The van der Waals surface area contributed by atoms with Crippen LogP contribution in [0.15, 0.2) is 12.3 Å². The first-order valence-electron chi connectivity index (χ1n) is 13.8. The number of aryl methyl sites for hydroxylation is 1. The lowest BCUT2D eigenvalue weighted by Crippen LogP contribution is -2.49. The number of unbranched alkanes of at least 4 members (excludes halogenated alkanes) is 1. The molecule has 0 bridgehead atoms. The zero-order valence-corrected chi connectivity index (χ0v) is 22.7. The van der Waals surface area contributed by atoms with Crippen LogP contribution in [0.25, 0.3) is 5.65 Å². The molecule has 2 fully saturated rings. The summed E-state index contributed by atoms with van der Waals surface area (Å²) in [5, 5.41) is 4.64. The van der Waals surface area contributed by atoms with Gasteiger partial charge in [-0.05, 0) is 39.5 Å². The maximum atomic E-state index is 13.9. The van der Waals surface area contributed by atoms with E-state index in [-0.39, 0.29) is 29.3 Å². The van der Waals surface area contributed by atoms with Crippen LogP contribution in [0.2, 0.25) is 0 Å². The number of rotatable bonds is 6. The van der Waals surface area contributed by atoms with Crippen LogP contribution >= 0.6 is 11.6 Å². The van der Waals surface area contributed by atoms with Crippen molar-refractivity contribution in [3.05, 3.63) is 23.5 Å². The van der Waals surface area contributed by atoms with Crippen LogP contribution in [0.4, 0.5) is 5.82 Å². The Bertz CT molecular complexity index is 1130. The Morgan fingerprint density at radius 1 is 1.28 bits per heavy atom. The largest absolute Gasteiger partial charge is 0.355 e. The lowest BCUT2D eigenvalue weighted by Gasteiger charge is -2.38. The number of hydrogen-bond acceptors (Lipinski definition) is 5. The van der Waals surface area contributed by atoms with Crippen molar-refractivity contribution in [3.63, 3.8) is 0 Å². The molecule has 0 radical (unpaired) electrons. The number of likely N-dealkylation sites (tertiary alicyclic amines) is 1. The van der Waals surface area contributed by atoms with Gasteiger partial charge in [0.1, 0.15) is 17.7 Å². The lowest BCUT2D eigenvalue weighted by atomic mass is 9.89. The average molecular weight is 515 g/mol. The molecule has 2 N–H and O–H groups in total. The highest BCUT2D eigenvalue weighted by molar-refractivity contribution is 6.29. The molecule has 5 heterocycles. The van der Waals surface area contributed by atoms with Crippen LogP contribution in [-0.2, 0) is 4.79 Å². The second-order valence-electron chi connectivity index (χ2n) is 11.0. The molecule has 196 valence electrons. The molecule has 5 atom stereocenters. The molecule has 0 aliphatic carbocycles. The Kier molecular flexibility index (Phi) is 7.54. The maximum absolute atomic E-state index is 13.9. The number of hydrogen-bond donors (Lipinski definition) is 1. The number of aromatic nitrogens is 3. The molecule has 2 aromatic rings. The predicted molar refractivity (Wildman–Crippen MR) is 144 cm³/mol. The summed E-state index contributed by atoms with van der Waals surface area (Å²) in [7, 11) is 0. The van der Waals surface area contributed by atoms with E-state index in [1.54, 1.807) is 0 Å². The number of carbonyl (C=O) groups excluding carboxylic acids is 1. The number of piperidine rings is 1. The van der Waals surface area contributed by atoms with E-state index in [0.29, 0.717) is 6.04 Å². The van der Waals surface area contributed by atoms with Gasteiger partial charge >= 0.3 is 0 Å². The lowest BCUT2D eigenvalue weighted by molar-refractivity contribution is -0.565. The molecule has 0 aromatic carbocycles. The first kappa shape index (κ1) is 25.5. The van der Waals surface area contributed by atoms with Crippen LogP contribution in [0.5, 0.6) is 0 Å². The van der Waals surface area contributed by atoms with Crippen LogP contribution in [0.3, 0.4) is 0 Å². The Balaban J connectivity index is 1.38. The van der Waals surface area contributed by atoms with E-state index in [9.17, 15) is 4.79 Å². The fraction of sp³-hybridized carbons (Fsp3) is 0.704. The third-order valence-corrected chi connectivity index (χ3v) is 8.66. The third kappa shape index (κ3) is 4.99. The summed E-state index contributed by atoms with van der Waals surface area (Å²) < 4.78 is 4.20. The first-order chi connectivity index (χ1) is 17.4. The second kappa shape index (κ2) is 10.7. The van der Waals surface area contributed by atoms with Gasteiger partial charge in [0.15, 0.2) is 17.9 Å². The third-order valence-electron chi connectivity index (χ3n) is 8.24. The van der Waals surface area contributed by atoms with E-state index >= 15 is 0 Å². The molecule has 2 saturated heterocycles. The van der Waals surface area contributed by atoms with E-state index < -0.39 is 0 Å². The number of anilines is 1. The van der Waals surface area contributed by atoms with Gasteiger partial charge in [-0.3, -0.25) is 4.79 Å². The molecule has 0 saturated carbocycles. The number of nitrogens with zero attached hydrogens (tertiary/aromatic N) is 6. The number of fused-ring (bicyclic) bond motifs is 1. The number of alkyl halides is 1. The zero-order chi connectivity index (χ0) is 25.4. The van der Waals surface area contributed by atoms with Gasteiger partial charge in [0, 0.05) is 56.3 Å². The van der Waals surface area contributed by atoms with E-state index in [4.69, 9.17) is 27.4 Å². The fourth-order valence-corrected chi connectivity index (χ4v) is 6.49. The van der Waals surface area contributed by atoms with E-state index in [2.05, 4.69) is 53.6 Å². The van der Waals surface area contributed by atoms with Gasteiger partial charge in [0.25, 0.3) is 0 Å². The van der Waals surface area contributed by atoms with Gasteiger partial charge in [0.05, 0.1) is 17.7 Å². The summed E-state index contributed by atoms with van der Waals surface area (Å²) >= 11 is 6.81. The summed E-state index contributed by atoms with van der Waals surface area (Å²) in [5.74, 6) is 0.970. The van der Waals surface area contributed by atoms with E-state index in [0.717, 1.165) is 93.8 Å². The van der Waals surface area contributed by atoms with Gasteiger partial charge in [-0.2, -0.15) is 5.10 Å². The van der Waals surface area contributed by atoms with Crippen LogP contribution in [0, 0.1) is 12.8 Å². The van der Waals surface area contributed by atoms with Gasteiger partial charge < -0.3 is 15.5 Å². The summed E-state index contributed by atoms with van der Waals surface area (Å²) in [6.45, 7) is 10.0. The molecule has 2 aromatic heterocycles. The number of halogens is 1.